The van der Waals surface area contributed by atoms with Crippen LogP contribution in [-0.4, -0.2) is 12.7 Å². The monoisotopic (exact) mass is 220 g/mol. The van der Waals surface area contributed by atoms with Crippen molar-refractivity contribution in [1.82, 2.24) is 5.32 Å². The zero-order valence-electron chi connectivity index (χ0n) is 7.06. The van der Waals surface area contributed by atoms with E-state index in [9.17, 15) is 13.2 Å². The van der Waals surface area contributed by atoms with Gasteiger partial charge in [0.1, 0.15) is 10.9 Å². The van der Waals surface area contributed by atoms with E-state index in [0.29, 0.717) is 4.88 Å². The molecule has 1 heterocycles. The Hall–Kier alpha value is -1.06. The Balaban J connectivity index is 2.36. The first-order valence-electron chi connectivity index (χ1n) is 3.77. The molecule has 0 radical (unpaired) electrons. The van der Waals surface area contributed by atoms with E-state index in [-0.39, 0.29) is 6.54 Å². The van der Waals surface area contributed by atoms with Crippen molar-refractivity contribution in [2.24, 2.45) is 0 Å². The number of nitriles is 1. The molecule has 0 atom stereocenters. The van der Waals surface area contributed by atoms with Gasteiger partial charge < -0.3 is 5.32 Å². The van der Waals surface area contributed by atoms with Crippen LogP contribution in [0.1, 0.15) is 9.75 Å². The largest absolute Gasteiger partial charge is 0.401 e. The maximum Gasteiger partial charge on any atom is 0.401 e. The molecule has 1 aromatic heterocycles. The Morgan fingerprint density at radius 1 is 1.43 bits per heavy atom. The van der Waals surface area contributed by atoms with Gasteiger partial charge in [0, 0.05) is 11.4 Å². The third kappa shape index (κ3) is 3.77. The van der Waals surface area contributed by atoms with Crippen LogP contribution in [0.4, 0.5) is 13.2 Å². The Morgan fingerprint density at radius 3 is 2.64 bits per heavy atom. The average Bonchev–Trinajstić information content (AvgIpc) is 2.50. The Labute approximate surface area is 83.0 Å². The molecule has 0 aliphatic rings. The summed E-state index contributed by atoms with van der Waals surface area (Å²) in [6, 6.07) is 5.16. The fourth-order valence-corrected chi connectivity index (χ4v) is 1.63. The summed E-state index contributed by atoms with van der Waals surface area (Å²) in [5, 5.41) is 10.7. The molecule has 0 unspecified atom stereocenters. The molecule has 0 aromatic carbocycles. The van der Waals surface area contributed by atoms with E-state index < -0.39 is 12.7 Å². The van der Waals surface area contributed by atoms with Gasteiger partial charge in [-0.05, 0) is 12.1 Å². The van der Waals surface area contributed by atoms with E-state index in [1.54, 1.807) is 12.1 Å². The molecule has 76 valence electrons. The second-order valence-electron chi connectivity index (χ2n) is 2.60. The van der Waals surface area contributed by atoms with Crippen LogP contribution in [0.3, 0.4) is 0 Å². The summed E-state index contributed by atoms with van der Waals surface area (Å²) in [5.41, 5.74) is 0. The quantitative estimate of drug-likeness (QED) is 0.848. The molecule has 1 N–H and O–H groups in total. The van der Waals surface area contributed by atoms with Crippen LogP contribution < -0.4 is 5.32 Å². The Kier molecular flexibility index (Phi) is 3.49. The van der Waals surface area contributed by atoms with Crippen molar-refractivity contribution < 1.29 is 13.2 Å². The fraction of sp³-hybridized carbons (Fsp3) is 0.375. The first-order valence-corrected chi connectivity index (χ1v) is 4.59. The Bertz CT molecular complexity index is 337. The zero-order valence-corrected chi connectivity index (χ0v) is 7.87. The maximum atomic E-state index is 11.7. The van der Waals surface area contributed by atoms with Crippen molar-refractivity contribution in [3.8, 4) is 6.07 Å². The number of thiophene rings is 1. The molecule has 1 rings (SSSR count). The first-order chi connectivity index (χ1) is 6.51. The number of nitrogens with zero attached hydrogens (tertiary/aromatic N) is 1. The number of hydrogen-bond donors (Lipinski definition) is 1. The lowest BCUT2D eigenvalue weighted by molar-refractivity contribution is -0.125. The third-order valence-corrected chi connectivity index (χ3v) is 2.39. The molecule has 0 saturated carbocycles. The summed E-state index contributed by atoms with van der Waals surface area (Å²) < 4.78 is 35.2. The van der Waals surface area contributed by atoms with Crippen molar-refractivity contribution in [2.45, 2.75) is 12.7 Å². The fourth-order valence-electron chi connectivity index (χ4n) is 0.860. The van der Waals surface area contributed by atoms with Crippen LogP contribution >= 0.6 is 11.3 Å². The summed E-state index contributed by atoms with van der Waals surface area (Å²) in [6.45, 7) is -0.862. The lowest BCUT2D eigenvalue weighted by Gasteiger charge is -2.06. The van der Waals surface area contributed by atoms with Crippen molar-refractivity contribution in [3.05, 3.63) is 21.9 Å². The first kappa shape index (κ1) is 11.0. The summed E-state index contributed by atoms with van der Waals surface area (Å²) in [4.78, 5) is 1.24. The van der Waals surface area contributed by atoms with Crippen molar-refractivity contribution in [1.29, 1.82) is 5.26 Å². The summed E-state index contributed by atoms with van der Waals surface area (Å²) in [6.07, 6.45) is -4.19. The van der Waals surface area contributed by atoms with Gasteiger partial charge >= 0.3 is 6.18 Å². The van der Waals surface area contributed by atoms with Gasteiger partial charge in [0.25, 0.3) is 0 Å². The predicted octanol–water partition coefficient (Wildman–Crippen LogP) is 2.27. The SMILES string of the molecule is N#Cc1ccc(CNCC(F)(F)F)s1. The molecule has 0 aliphatic heterocycles. The molecular formula is C8H7F3N2S. The van der Waals surface area contributed by atoms with E-state index in [1.807, 2.05) is 6.07 Å². The Morgan fingerprint density at radius 2 is 2.14 bits per heavy atom. The molecule has 6 heteroatoms. The van der Waals surface area contributed by atoms with Gasteiger partial charge in [0.05, 0.1) is 6.54 Å². The van der Waals surface area contributed by atoms with Crippen LogP contribution in [0.15, 0.2) is 12.1 Å². The topological polar surface area (TPSA) is 35.8 Å². The van der Waals surface area contributed by atoms with Gasteiger partial charge in [0.2, 0.25) is 0 Å². The maximum absolute atomic E-state index is 11.7. The highest BCUT2D eigenvalue weighted by molar-refractivity contribution is 7.12. The highest BCUT2D eigenvalue weighted by Gasteiger charge is 2.26. The minimum absolute atomic E-state index is 0.145. The number of rotatable bonds is 3. The minimum atomic E-state index is -4.19. The number of hydrogen-bond acceptors (Lipinski definition) is 3. The number of nitrogens with one attached hydrogen (secondary N) is 1. The van der Waals surface area contributed by atoms with Gasteiger partial charge in [-0.3, -0.25) is 0 Å². The zero-order chi connectivity index (χ0) is 10.6. The van der Waals surface area contributed by atoms with Gasteiger partial charge in [-0.2, -0.15) is 18.4 Å². The lowest BCUT2D eigenvalue weighted by Crippen LogP contribution is -2.27. The average molecular weight is 220 g/mol. The smallest absolute Gasteiger partial charge is 0.304 e. The van der Waals surface area contributed by atoms with E-state index in [1.165, 1.54) is 11.3 Å². The van der Waals surface area contributed by atoms with E-state index in [0.717, 1.165) is 4.88 Å². The third-order valence-electron chi connectivity index (χ3n) is 1.40. The van der Waals surface area contributed by atoms with Crippen molar-refractivity contribution >= 4 is 11.3 Å². The summed E-state index contributed by atoms with van der Waals surface area (Å²) >= 11 is 1.19. The van der Waals surface area contributed by atoms with Gasteiger partial charge in [0.15, 0.2) is 0 Å². The van der Waals surface area contributed by atoms with Crippen LogP contribution in [-0.2, 0) is 6.54 Å². The highest BCUT2D eigenvalue weighted by atomic mass is 32.1. The lowest BCUT2D eigenvalue weighted by atomic mass is 10.4. The van der Waals surface area contributed by atoms with E-state index in [2.05, 4.69) is 5.32 Å². The predicted molar refractivity (Wildman–Crippen MR) is 46.8 cm³/mol. The van der Waals surface area contributed by atoms with Crippen molar-refractivity contribution in [3.63, 3.8) is 0 Å². The normalized spacial score (nSPS) is 11.3. The van der Waals surface area contributed by atoms with Crippen LogP contribution in [0.2, 0.25) is 0 Å². The van der Waals surface area contributed by atoms with Gasteiger partial charge in [-0.25, -0.2) is 0 Å². The highest BCUT2D eigenvalue weighted by Crippen LogP contribution is 2.16. The molecule has 0 spiro atoms. The van der Waals surface area contributed by atoms with Crippen LogP contribution in [0.5, 0.6) is 0 Å². The second-order valence-corrected chi connectivity index (χ2v) is 3.76. The van der Waals surface area contributed by atoms with Crippen LogP contribution in [0.25, 0.3) is 0 Å². The molecule has 0 aliphatic carbocycles. The molecule has 14 heavy (non-hydrogen) atoms. The van der Waals surface area contributed by atoms with Crippen molar-refractivity contribution in [2.75, 3.05) is 6.54 Å². The molecule has 1 aromatic rings. The van der Waals surface area contributed by atoms with E-state index >= 15 is 0 Å². The number of halogens is 3. The molecule has 0 fully saturated rings. The number of alkyl halides is 3. The summed E-state index contributed by atoms with van der Waals surface area (Å²) in [7, 11) is 0. The molecule has 2 nitrogen and oxygen atoms in total. The van der Waals surface area contributed by atoms with Gasteiger partial charge in [-0.15, -0.1) is 11.3 Å². The summed E-state index contributed by atoms with van der Waals surface area (Å²) in [5.74, 6) is 0. The standard InChI is InChI=1S/C8H7F3N2S/c9-8(10,11)5-13-4-7-2-1-6(3-12)14-7/h1-2,13H,4-5H2. The van der Waals surface area contributed by atoms with Gasteiger partial charge in [-0.1, -0.05) is 0 Å². The second kappa shape index (κ2) is 4.44. The molecule has 0 bridgehead atoms. The minimum Gasteiger partial charge on any atom is -0.304 e. The van der Waals surface area contributed by atoms with E-state index in [4.69, 9.17) is 5.26 Å². The molecular weight excluding hydrogens is 213 g/mol. The van der Waals surface area contributed by atoms with Crippen LogP contribution in [0, 0.1) is 11.3 Å². The molecule has 0 saturated heterocycles. The molecule has 0 amide bonds.